The zero-order chi connectivity index (χ0) is 17.0. The molecule has 0 heterocycles. The van der Waals surface area contributed by atoms with E-state index < -0.39 is 0 Å². The number of carbonyl (C=O) groups excluding carboxylic acids is 1. The van der Waals surface area contributed by atoms with Crippen molar-refractivity contribution in [3.8, 4) is 5.75 Å². The van der Waals surface area contributed by atoms with Crippen molar-refractivity contribution in [2.24, 2.45) is 0 Å². The van der Waals surface area contributed by atoms with Gasteiger partial charge in [0.1, 0.15) is 5.75 Å². The molecule has 4 heteroatoms. The number of amides is 1. The summed E-state index contributed by atoms with van der Waals surface area (Å²) >= 11 is 0. The van der Waals surface area contributed by atoms with Crippen LogP contribution in [0.3, 0.4) is 0 Å². The van der Waals surface area contributed by atoms with Crippen molar-refractivity contribution in [1.29, 1.82) is 0 Å². The third kappa shape index (κ3) is 7.32. The predicted octanol–water partition coefficient (Wildman–Crippen LogP) is 3.46. The second-order valence-corrected chi connectivity index (χ2v) is 3.92. The summed E-state index contributed by atoms with van der Waals surface area (Å²) in [5.74, 6) is 0.307. The third-order valence-electron chi connectivity index (χ3n) is 2.38. The van der Waals surface area contributed by atoms with Crippen LogP contribution < -0.4 is 10.1 Å². The van der Waals surface area contributed by atoms with Gasteiger partial charge in [0.25, 0.3) is 5.91 Å². The first-order chi connectivity index (χ1) is 9.95. The smallest absolute Gasteiger partial charge is 0.259 e. The van der Waals surface area contributed by atoms with Crippen LogP contribution in [0.2, 0.25) is 0 Å². The standard InChI is InChI=1S/C14H17NO2.C2H6.CH4O/c1-9(2)11(4)15-14(16)12-8-10(3)6-7-13(12)17-5;2*1-2/h6-8H,1,4H2,2-3,5H3,(H,15,16);1-2H3;2H,1H3. The summed E-state index contributed by atoms with van der Waals surface area (Å²) in [5.41, 5.74) is 2.73. The lowest BCUT2D eigenvalue weighted by Gasteiger charge is -2.11. The highest BCUT2D eigenvalue weighted by Crippen LogP contribution is 2.20. The van der Waals surface area contributed by atoms with Crippen LogP contribution in [0.15, 0.2) is 42.6 Å². The first-order valence-electron chi connectivity index (χ1n) is 6.71. The lowest BCUT2D eigenvalue weighted by Crippen LogP contribution is -2.23. The molecule has 0 saturated carbocycles. The van der Waals surface area contributed by atoms with Crippen LogP contribution >= 0.6 is 0 Å². The topological polar surface area (TPSA) is 58.6 Å². The van der Waals surface area contributed by atoms with Gasteiger partial charge in [-0.2, -0.15) is 0 Å². The summed E-state index contributed by atoms with van der Waals surface area (Å²) in [4.78, 5) is 12.0. The highest BCUT2D eigenvalue weighted by molar-refractivity contribution is 5.98. The van der Waals surface area contributed by atoms with Gasteiger partial charge in [0, 0.05) is 12.8 Å². The molecule has 0 spiro atoms. The maximum atomic E-state index is 12.0. The Morgan fingerprint density at radius 2 is 1.76 bits per heavy atom. The van der Waals surface area contributed by atoms with Gasteiger partial charge in [0.15, 0.2) is 0 Å². The number of aliphatic hydroxyl groups is 1. The second kappa shape index (κ2) is 11.7. The SMILES string of the molecule is C=C(C)C(=C)NC(=O)c1cc(C)ccc1OC.CC.CO. The molecule has 4 nitrogen and oxygen atoms in total. The number of hydrogen-bond acceptors (Lipinski definition) is 3. The Labute approximate surface area is 128 Å². The van der Waals surface area contributed by atoms with Gasteiger partial charge >= 0.3 is 0 Å². The number of benzene rings is 1. The van der Waals surface area contributed by atoms with E-state index in [-0.39, 0.29) is 5.91 Å². The van der Waals surface area contributed by atoms with E-state index in [1.54, 1.807) is 19.1 Å². The molecule has 1 aromatic rings. The number of allylic oxidation sites excluding steroid dienone is 1. The van der Waals surface area contributed by atoms with Crippen molar-refractivity contribution in [2.45, 2.75) is 27.7 Å². The summed E-state index contributed by atoms with van der Waals surface area (Å²) in [7, 11) is 2.54. The lowest BCUT2D eigenvalue weighted by molar-refractivity contribution is 0.0963. The van der Waals surface area contributed by atoms with Crippen molar-refractivity contribution in [3.63, 3.8) is 0 Å². The summed E-state index contributed by atoms with van der Waals surface area (Å²) < 4.78 is 5.15. The molecular formula is C17H27NO3. The highest BCUT2D eigenvalue weighted by Gasteiger charge is 2.13. The Bertz CT molecular complexity index is 479. The third-order valence-corrected chi connectivity index (χ3v) is 2.38. The number of carbonyl (C=O) groups is 1. The first kappa shape index (κ1) is 21.2. The lowest BCUT2D eigenvalue weighted by atomic mass is 10.1. The Hall–Kier alpha value is -2.07. The molecule has 0 aromatic heterocycles. The van der Waals surface area contributed by atoms with Crippen LogP contribution in [0, 0.1) is 6.92 Å². The number of rotatable bonds is 4. The summed E-state index contributed by atoms with van der Waals surface area (Å²) in [6.07, 6.45) is 0. The molecule has 0 bridgehead atoms. The van der Waals surface area contributed by atoms with Crippen LogP contribution in [-0.4, -0.2) is 25.2 Å². The summed E-state index contributed by atoms with van der Waals surface area (Å²) in [5, 5.41) is 9.68. The van der Waals surface area contributed by atoms with E-state index in [4.69, 9.17) is 9.84 Å². The van der Waals surface area contributed by atoms with E-state index in [9.17, 15) is 4.79 Å². The van der Waals surface area contributed by atoms with E-state index in [2.05, 4.69) is 18.5 Å². The van der Waals surface area contributed by atoms with Gasteiger partial charge in [-0.1, -0.05) is 38.6 Å². The fourth-order valence-corrected chi connectivity index (χ4v) is 1.31. The van der Waals surface area contributed by atoms with Crippen LogP contribution in [0.25, 0.3) is 0 Å². The van der Waals surface area contributed by atoms with Crippen molar-refractivity contribution < 1.29 is 14.6 Å². The maximum Gasteiger partial charge on any atom is 0.259 e. The van der Waals surface area contributed by atoms with Gasteiger partial charge < -0.3 is 15.2 Å². The molecule has 0 saturated heterocycles. The average molecular weight is 293 g/mol. The average Bonchev–Trinajstić information content (AvgIpc) is 2.51. The number of hydrogen-bond donors (Lipinski definition) is 2. The molecule has 1 rings (SSSR count). The summed E-state index contributed by atoms with van der Waals surface area (Å²) in [6.45, 7) is 15.1. The Balaban J connectivity index is 0. The van der Waals surface area contributed by atoms with E-state index in [0.29, 0.717) is 17.0 Å². The van der Waals surface area contributed by atoms with Gasteiger partial charge in [0.05, 0.1) is 12.7 Å². The van der Waals surface area contributed by atoms with Crippen LogP contribution in [0.5, 0.6) is 5.75 Å². The minimum Gasteiger partial charge on any atom is -0.496 e. The Kier molecular flexibility index (Phi) is 11.9. The number of ether oxygens (including phenoxy) is 1. The second-order valence-electron chi connectivity index (χ2n) is 3.92. The largest absolute Gasteiger partial charge is 0.496 e. The molecule has 0 aliphatic rings. The van der Waals surface area contributed by atoms with E-state index in [1.165, 1.54) is 7.11 Å². The number of aliphatic hydroxyl groups excluding tert-OH is 1. The number of methoxy groups -OCH3 is 1. The summed E-state index contributed by atoms with van der Waals surface area (Å²) in [6, 6.07) is 5.44. The highest BCUT2D eigenvalue weighted by atomic mass is 16.5. The van der Waals surface area contributed by atoms with Crippen molar-refractivity contribution in [1.82, 2.24) is 5.32 Å². The van der Waals surface area contributed by atoms with Crippen LogP contribution in [0.1, 0.15) is 36.7 Å². The van der Waals surface area contributed by atoms with Gasteiger partial charge in [-0.15, -0.1) is 0 Å². The normalized spacial score (nSPS) is 8.33. The molecule has 0 aliphatic heterocycles. The van der Waals surface area contributed by atoms with E-state index >= 15 is 0 Å². The van der Waals surface area contributed by atoms with Gasteiger partial charge in [-0.3, -0.25) is 4.79 Å². The molecule has 1 aromatic carbocycles. The fourth-order valence-electron chi connectivity index (χ4n) is 1.31. The molecule has 0 atom stereocenters. The monoisotopic (exact) mass is 293 g/mol. The molecule has 21 heavy (non-hydrogen) atoms. The minimum absolute atomic E-state index is 0.237. The zero-order valence-electron chi connectivity index (χ0n) is 13.9. The molecule has 0 aliphatic carbocycles. The maximum absolute atomic E-state index is 12.0. The predicted molar refractivity (Wildman–Crippen MR) is 88.6 cm³/mol. The first-order valence-corrected chi connectivity index (χ1v) is 6.71. The molecular weight excluding hydrogens is 266 g/mol. The number of nitrogens with one attached hydrogen (secondary N) is 1. The van der Waals surface area contributed by atoms with Crippen molar-refractivity contribution in [3.05, 3.63) is 53.8 Å². The fraction of sp³-hybridized carbons (Fsp3) is 0.353. The molecule has 0 radical (unpaired) electrons. The Morgan fingerprint density at radius 3 is 2.19 bits per heavy atom. The van der Waals surface area contributed by atoms with Gasteiger partial charge in [0.2, 0.25) is 0 Å². The quantitative estimate of drug-likeness (QED) is 0.836. The van der Waals surface area contributed by atoms with Crippen molar-refractivity contribution in [2.75, 3.05) is 14.2 Å². The van der Waals surface area contributed by atoms with Crippen molar-refractivity contribution >= 4 is 5.91 Å². The van der Waals surface area contributed by atoms with E-state index in [1.807, 2.05) is 26.8 Å². The Morgan fingerprint density at radius 1 is 1.24 bits per heavy atom. The van der Waals surface area contributed by atoms with Gasteiger partial charge in [-0.05, 0) is 31.6 Å². The molecule has 0 fully saturated rings. The van der Waals surface area contributed by atoms with E-state index in [0.717, 1.165) is 18.2 Å². The van der Waals surface area contributed by atoms with Crippen LogP contribution in [0.4, 0.5) is 0 Å². The minimum atomic E-state index is -0.237. The molecule has 2 N–H and O–H groups in total. The molecule has 1 amide bonds. The van der Waals surface area contributed by atoms with Crippen LogP contribution in [-0.2, 0) is 0 Å². The van der Waals surface area contributed by atoms with Gasteiger partial charge in [-0.25, -0.2) is 0 Å². The number of aryl methyl sites for hydroxylation is 1. The molecule has 0 unspecified atom stereocenters. The zero-order valence-corrected chi connectivity index (χ0v) is 13.9. The molecule has 118 valence electrons.